The van der Waals surface area contributed by atoms with Gasteiger partial charge in [0.05, 0.1) is 0 Å². The Kier molecular flexibility index (Phi) is 3.69. The van der Waals surface area contributed by atoms with Gasteiger partial charge in [-0.05, 0) is 36.8 Å². The second-order valence-electron chi connectivity index (χ2n) is 6.30. The Morgan fingerprint density at radius 2 is 2.06 bits per heavy atom. The summed E-state index contributed by atoms with van der Waals surface area (Å²) in [6.07, 6.45) is 6.69. The van der Waals surface area contributed by atoms with Gasteiger partial charge in [0.1, 0.15) is 0 Å². The summed E-state index contributed by atoms with van der Waals surface area (Å²) in [7, 11) is 0. The van der Waals surface area contributed by atoms with Crippen LogP contribution in [0.2, 0.25) is 0 Å². The zero-order chi connectivity index (χ0) is 13.2. The van der Waals surface area contributed by atoms with Crippen molar-refractivity contribution in [1.29, 1.82) is 0 Å². The number of hydrogen-bond acceptors (Lipinski definition) is 2. The van der Waals surface area contributed by atoms with Crippen molar-refractivity contribution < 1.29 is 4.79 Å². The molecule has 1 aliphatic heterocycles. The van der Waals surface area contributed by atoms with Crippen molar-refractivity contribution in [2.75, 3.05) is 6.54 Å². The molecule has 0 bridgehead atoms. The minimum atomic E-state index is 0.157. The molecule has 0 unspecified atom stereocenters. The van der Waals surface area contributed by atoms with Crippen molar-refractivity contribution in [2.24, 2.45) is 5.41 Å². The molecule has 2 heterocycles. The van der Waals surface area contributed by atoms with Gasteiger partial charge >= 0.3 is 0 Å². The standard InChI is InChI=1S/C15H22N2O/c1-15(2,3)11-13-5-4-10-17(13)14(18)12-6-8-16-9-7-12/h6-9,13H,4-5,10-11H2,1-3H3/t13-/m0/s1. The van der Waals surface area contributed by atoms with Gasteiger partial charge in [-0.3, -0.25) is 9.78 Å². The van der Waals surface area contributed by atoms with Crippen LogP contribution in [0.15, 0.2) is 24.5 Å². The zero-order valence-corrected chi connectivity index (χ0v) is 11.5. The van der Waals surface area contributed by atoms with Crippen molar-refractivity contribution in [1.82, 2.24) is 9.88 Å². The lowest BCUT2D eigenvalue weighted by Crippen LogP contribution is -2.37. The predicted octanol–water partition coefficient (Wildman–Crippen LogP) is 3.12. The molecule has 98 valence electrons. The van der Waals surface area contributed by atoms with Crippen LogP contribution in [-0.4, -0.2) is 28.4 Å². The minimum absolute atomic E-state index is 0.157. The highest BCUT2D eigenvalue weighted by atomic mass is 16.2. The summed E-state index contributed by atoms with van der Waals surface area (Å²) in [4.78, 5) is 18.4. The van der Waals surface area contributed by atoms with E-state index in [1.807, 2.05) is 4.90 Å². The van der Waals surface area contributed by atoms with Crippen molar-refractivity contribution >= 4 is 5.91 Å². The molecule has 0 saturated carbocycles. The first-order valence-corrected chi connectivity index (χ1v) is 6.68. The van der Waals surface area contributed by atoms with Crippen LogP contribution in [0.5, 0.6) is 0 Å². The Bertz CT molecular complexity index is 408. The van der Waals surface area contributed by atoms with Gasteiger partial charge in [0, 0.05) is 30.5 Å². The maximum Gasteiger partial charge on any atom is 0.254 e. The lowest BCUT2D eigenvalue weighted by atomic mass is 9.87. The van der Waals surface area contributed by atoms with E-state index in [1.54, 1.807) is 24.5 Å². The van der Waals surface area contributed by atoms with E-state index in [0.29, 0.717) is 6.04 Å². The Balaban J connectivity index is 2.10. The van der Waals surface area contributed by atoms with Crippen LogP contribution >= 0.6 is 0 Å². The Morgan fingerprint density at radius 1 is 1.39 bits per heavy atom. The monoisotopic (exact) mass is 246 g/mol. The summed E-state index contributed by atoms with van der Waals surface area (Å²) in [5.74, 6) is 0.157. The van der Waals surface area contributed by atoms with Crippen LogP contribution in [0.3, 0.4) is 0 Å². The second kappa shape index (κ2) is 5.09. The fourth-order valence-electron chi connectivity index (χ4n) is 2.68. The Hall–Kier alpha value is -1.38. The van der Waals surface area contributed by atoms with Gasteiger partial charge in [-0.25, -0.2) is 0 Å². The first kappa shape index (κ1) is 13.1. The molecule has 0 aliphatic carbocycles. The van der Waals surface area contributed by atoms with E-state index in [-0.39, 0.29) is 11.3 Å². The van der Waals surface area contributed by atoms with Crippen LogP contribution in [-0.2, 0) is 0 Å². The summed E-state index contributed by atoms with van der Waals surface area (Å²) in [6.45, 7) is 7.60. The molecule has 1 amide bonds. The highest BCUT2D eigenvalue weighted by Gasteiger charge is 2.32. The van der Waals surface area contributed by atoms with Gasteiger partial charge in [-0.15, -0.1) is 0 Å². The third kappa shape index (κ3) is 3.09. The molecular weight excluding hydrogens is 224 g/mol. The van der Waals surface area contributed by atoms with Crippen molar-refractivity contribution in [3.8, 4) is 0 Å². The molecule has 18 heavy (non-hydrogen) atoms. The van der Waals surface area contributed by atoms with E-state index in [2.05, 4.69) is 25.8 Å². The summed E-state index contributed by atoms with van der Waals surface area (Å²) in [5.41, 5.74) is 1.03. The average molecular weight is 246 g/mol. The molecular formula is C15H22N2O. The summed E-state index contributed by atoms with van der Waals surface area (Å²) in [5, 5.41) is 0. The number of nitrogens with zero attached hydrogens (tertiary/aromatic N) is 2. The third-order valence-electron chi connectivity index (χ3n) is 3.41. The lowest BCUT2D eigenvalue weighted by Gasteiger charge is -2.30. The van der Waals surface area contributed by atoms with Gasteiger partial charge in [0.15, 0.2) is 0 Å². The number of hydrogen-bond donors (Lipinski definition) is 0. The van der Waals surface area contributed by atoms with E-state index in [1.165, 1.54) is 0 Å². The molecule has 1 aliphatic rings. The van der Waals surface area contributed by atoms with E-state index >= 15 is 0 Å². The van der Waals surface area contributed by atoms with Crippen molar-refractivity contribution in [3.05, 3.63) is 30.1 Å². The minimum Gasteiger partial charge on any atom is -0.336 e. The maximum atomic E-state index is 12.4. The van der Waals surface area contributed by atoms with Crippen LogP contribution < -0.4 is 0 Å². The Labute approximate surface area is 109 Å². The molecule has 3 nitrogen and oxygen atoms in total. The first-order valence-electron chi connectivity index (χ1n) is 6.68. The van der Waals surface area contributed by atoms with Gasteiger partial charge in [-0.2, -0.15) is 0 Å². The van der Waals surface area contributed by atoms with Crippen LogP contribution in [0.25, 0.3) is 0 Å². The highest BCUT2D eigenvalue weighted by Crippen LogP contribution is 2.30. The molecule has 1 fully saturated rings. The van der Waals surface area contributed by atoms with Crippen molar-refractivity contribution in [2.45, 2.75) is 46.1 Å². The van der Waals surface area contributed by atoms with Gasteiger partial charge in [0.2, 0.25) is 0 Å². The molecule has 1 aromatic rings. The van der Waals surface area contributed by atoms with Crippen molar-refractivity contribution in [3.63, 3.8) is 0 Å². The van der Waals surface area contributed by atoms with E-state index in [0.717, 1.165) is 31.4 Å². The van der Waals surface area contributed by atoms with Gasteiger partial charge in [-0.1, -0.05) is 20.8 Å². The number of carbonyl (C=O) groups is 1. The molecule has 1 atom stereocenters. The van der Waals surface area contributed by atoms with E-state index in [9.17, 15) is 4.79 Å². The lowest BCUT2D eigenvalue weighted by molar-refractivity contribution is 0.0704. The number of likely N-dealkylation sites (tertiary alicyclic amines) is 1. The average Bonchev–Trinajstić information content (AvgIpc) is 2.75. The molecule has 0 radical (unpaired) electrons. The zero-order valence-electron chi connectivity index (χ0n) is 11.5. The SMILES string of the molecule is CC(C)(C)C[C@@H]1CCCN1C(=O)c1ccncc1. The molecule has 2 rings (SSSR count). The first-order chi connectivity index (χ1) is 8.47. The van der Waals surface area contributed by atoms with E-state index < -0.39 is 0 Å². The number of rotatable bonds is 2. The Morgan fingerprint density at radius 3 is 2.67 bits per heavy atom. The molecule has 3 heteroatoms. The largest absolute Gasteiger partial charge is 0.336 e. The predicted molar refractivity (Wildman–Crippen MR) is 72.4 cm³/mol. The molecule has 0 N–H and O–H groups in total. The fourth-order valence-corrected chi connectivity index (χ4v) is 2.68. The molecule has 1 saturated heterocycles. The maximum absolute atomic E-state index is 12.4. The van der Waals surface area contributed by atoms with Gasteiger partial charge in [0.25, 0.3) is 5.91 Å². The molecule has 0 spiro atoms. The fraction of sp³-hybridized carbons (Fsp3) is 0.600. The molecule has 1 aromatic heterocycles. The van der Waals surface area contributed by atoms with Crippen LogP contribution in [0, 0.1) is 5.41 Å². The molecule has 0 aromatic carbocycles. The van der Waals surface area contributed by atoms with Crippen LogP contribution in [0.4, 0.5) is 0 Å². The highest BCUT2D eigenvalue weighted by molar-refractivity contribution is 5.94. The van der Waals surface area contributed by atoms with Crippen LogP contribution in [0.1, 0.15) is 50.4 Å². The summed E-state index contributed by atoms with van der Waals surface area (Å²) in [6, 6.07) is 3.99. The second-order valence-corrected chi connectivity index (χ2v) is 6.30. The number of pyridine rings is 1. The number of carbonyl (C=O) groups excluding carboxylic acids is 1. The number of aromatic nitrogens is 1. The summed E-state index contributed by atoms with van der Waals surface area (Å²) < 4.78 is 0. The van der Waals surface area contributed by atoms with Gasteiger partial charge < -0.3 is 4.90 Å². The normalized spacial score (nSPS) is 20.2. The third-order valence-corrected chi connectivity index (χ3v) is 3.41. The topological polar surface area (TPSA) is 33.2 Å². The van der Waals surface area contributed by atoms with E-state index in [4.69, 9.17) is 0 Å². The summed E-state index contributed by atoms with van der Waals surface area (Å²) >= 11 is 0. The number of amides is 1. The quantitative estimate of drug-likeness (QED) is 0.803. The smallest absolute Gasteiger partial charge is 0.254 e.